The second-order valence-corrected chi connectivity index (χ2v) is 8.25. The molecule has 0 radical (unpaired) electrons. The van der Waals surface area contributed by atoms with Crippen molar-refractivity contribution in [2.45, 2.75) is 51.6 Å². The molecule has 0 unspecified atom stereocenters. The molecule has 2 atom stereocenters. The summed E-state index contributed by atoms with van der Waals surface area (Å²) in [6.07, 6.45) is 2.32. The molecule has 4 rings (SSSR count). The summed E-state index contributed by atoms with van der Waals surface area (Å²) in [7, 11) is 0. The topological polar surface area (TPSA) is 77.0 Å². The number of carbonyl (C=O) groups excluding carboxylic acids is 1. The summed E-state index contributed by atoms with van der Waals surface area (Å²) in [6.45, 7) is 7.50. The lowest BCUT2D eigenvalue weighted by Crippen LogP contribution is -2.27. The molecule has 0 saturated heterocycles. The fraction of sp³-hybridized carbons (Fsp3) is 0.364. The average Bonchev–Trinajstić information content (AvgIpc) is 3.41. The third-order valence-electron chi connectivity index (χ3n) is 4.69. The van der Waals surface area contributed by atoms with Gasteiger partial charge in [-0.1, -0.05) is 18.2 Å². The second-order valence-electron chi connectivity index (χ2n) is 8.25. The predicted octanol–water partition coefficient (Wildman–Crippen LogP) is 4.95. The van der Waals surface area contributed by atoms with Gasteiger partial charge in [-0.15, -0.1) is 0 Å². The number of nitrogens with zero attached hydrogens (tertiary/aromatic N) is 3. The zero-order valence-corrected chi connectivity index (χ0v) is 16.6. The molecule has 0 bridgehead atoms. The summed E-state index contributed by atoms with van der Waals surface area (Å²) in [6, 6.07) is 11.7. The number of carbonyl (C=O) groups is 1. The molecule has 2 heterocycles. The van der Waals surface area contributed by atoms with E-state index >= 15 is 0 Å². The minimum absolute atomic E-state index is 0.302. The van der Waals surface area contributed by atoms with Crippen LogP contribution in [-0.2, 0) is 4.74 Å². The van der Waals surface area contributed by atoms with Crippen LogP contribution in [-0.4, -0.2) is 26.6 Å². The standard InChI is InChI=1S/C22H24N4O2/c1-13-10-11-23-20(24-13)16-12-15(16)17-9-8-14-6-5-7-18(19(14)25-17)26-21(27)28-22(2,3)4/h5-11,15-16H,12H2,1-4H3,(H,26,27)/t15-,16-/m0/s1. The molecule has 144 valence electrons. The zero-order valence-electron chi connectivity index (χ0n) is 16.6. The highest BCUT2D eigenvalue weighted by Gasteiger charge is 2.42. The smallest absolute Gasteiger partial charge is 0.412 e. The molecule has 1 N–H and O–H groups in total. The Kier molecular flexibility index (Phi) is 4.49. The number of ether oxygens (including phenoxy) is 1. The summed E-state index contributed by atoms with van der Waals surface area (Å²) < 4.78 is 5.37. The van der Waals surface area contributed by atoms with E-state index in [0.29, 0.717) is 17.5 Å². The van der Waals surface area contributed by atoms with Crippen molar-refractivity contribution in [2.24, 2.45) is 0 Å². The molecule has 0 aliphatic heterocycles. The Labute approximate surface area is 164 Å². The van der Waals surface area contributed by atoms with Crippen molar-refractivity contribution in [3.63, 3.8) is 0 Å². The number of aryl methyl sites for hydroxylation is 1. The minimum Gasteiger partial charge on any atom is -0.444 e. The molecule has 1 aliphatic rings. The van der Waals surface area contributed by atoms with Crippen LogP contribution in [0.1, 0.15) is 56.2 Å². The number of fused-ring (bicyclic) bond motifs is 1. The summed E-state index contributed by atoms with van der Waals surface area (Å²) >= 11 is 0. The Morgan fingerprint density at radius 3 is 2.68 bits per heavy atom. The van der Waals surface area contributed by atoms with Gasteiger partial charge in [-0.05, 0) is 52.3 Å². The van der Waals surface area contributed by atoms with Crippen molar-refractivity contribution in [1.29, 1.82) is 0 Å². The fourth-order valence-corrected chi connectivity index (χ4v) is 3.34. The Bertz CT molecular complexity index is 1040. The number of nitrogens with one attached hydrogen (secondary N) is 1. The van der Waals surface area contributed by atoms with Crippen molar-refractivity contribution < 1.29 is 9.53 Å². The highest BCUT2D eigenvalue weighted by atomic mass is 16.6. The second kappa shape index (κ2) is 6.86. The molecule has 2 aromatic heterocycles. The summed E-state index contributed by atoms with van der Waals surface area (Å²) in [4.78, 5) is 26.0. The first-order valence-electron chi connectivity index (χ1n) is 9.49. The first-order valence-corrected chi connectivity index (χ1v) is 9.49. The van der Waals surface area contributed by atoms with Gasteiger partial charge in [0.05, 0.1) is 11.2 Å². The van der Waals surface area contributed by atoms with Crippen LogP contribution < -0.4 is 5.32 Å². The Hall–Kier alpha value is -3.02. The summed E-state index contributed by atoms with van der Waals surface area (Å²) in [5.74, 6) is 1.49. The van der Waals surface area contributed by atoms with Crippen LogP contribution in [0.5, 0.6) is 0 Å². The van der Waals surface area contributed by atoms with E-state index in [4.69, 9.17) is 9.72 Å². The van der Waals surface area contributed by atoms with Gasteiger partial charge in [0.1, 0.15) is 11.4 Å². The number of pyridine rings is 1. The molecular weight excluding hydrogens is 352 g/mol. The van der Waals surface area contributed by atoms with Crippen LogP contribution in [0.4, 0.5) is 10.5 Å². The van der Waals surface area contributed by atoms with Crippen LogP contribution in [0.15, 0.2) is 42.6 Å². The van der Waals surface area contributed by atoms with Crippen molar-refractivity contribution in [3.8, 4) is 0 Å². The van der Waals surface area contributed by atoms with Crippen molar-refractivity contribution in [2.75, 3.05) is 5.32 Å². The number of rotatable bonds is 3. The van der Waals surface area contributed by atoms with Crippen molar-refractivity contribution in [3.05, 3.63) is 59.8 Å². The van der Waals surface area contributed by atoms with Crippen LogP contribution in [0.2, 0.25) is 0 Å². The molecule has 6 heteroatoms. The van der Waals surface area contributed by atoms with Crippen LogP contribution in [0.3, 0.4) is 0 Å². The largest absolute Gasteiger partial charge is 0.444 e. The summed E-state index contributed by atoms with van der Waals surface area (Å²) in [5, 5.41) is 3.80. The van der Waals surface area contributed by atoms with Gasteiger partial charge in [0.2, 0.25) is 0 Å². The average molecular weight is 376 g/mol. The number of anilines is 1. The van der Waals surface area contributed by atoms with Gasteiger partial charge >= 0.3 is 6.09 Å². The van der Waals surface area contributed by atoms with Gasteiger partial charge in [0.25, 0.3) is 0 Å². The minimum atomic E-state index is -0.553. The monoisotopic (exact) mass is 376 g/mol. The lowest BCUT2D eigenvalue weighted by molar-refractivity contribution is 0.0636. The molecule has 0 spiro atoms. The van der Waals surface area contributed by atoms with Crippen LogP contribution >= 0.6 is 0 Å². The fourth-order valence-electron chi connectivity index (χ4n) is 3.34. The Morgan fingerprint density at radius 1 is 1.11 bits per heavy atom. The van der Waals surface area contributed by atoms with E-state index in [1.165, 1.54) is 0 Å². The highest BCUT2D eigenvalue weighted by Crippen LogP contribution is 2.53. The number of amides is 1. The van der Waals surface area contributed by atoms with Gasteiger partial charge in [0, 0.05) is 34.8 Å². The van der Waals surface area contributed by atoms with E-state index in [2.05, 4.69) is 21.4 Å². The predicted molar refractivity (Wildman–Crippen MR) is 108 cm³/mol. The molecule has 3 aromatic rings. The molecule has 1 saturated carbocycles. The first-order chi connectivity index (χ1) is 13.3. The van der Waals surface area contributed by atoms with Gasteiger partial charge in [-0.25, -0.2) is 14.8 Å². The van der Waals surface area contributed by atoms with E-state index < -0.39 is 11.7 Å². The molecule has 1 aliphatic carbocycles. The zero-order chi connectivity index (χ0) is 19.9. The quantitative estimate of drug-likeness (QED) is 0.700. The van der Waals surface area contributed by atoms with E-state index in [0.717, 1.165) is 34.5 Å². The molecule has 28 heavy (non-hydrogen) atoms. The van der Waals surface area contributed by atoms with Crippen molar-refractivity contribution in [1.82, 2.24) is 15.0 Å². The third-order valence-corrected chi connectivity index (χ3v) is 4.69. The van der Waals surface area contributed by atoms with Crippen LogP contribution in [0, 0.1) is 6.92 Å². The molecule has 1 aromatic carbocycles. The van der Waals surface area contributed by atoms with Crippen LogP contribution in [0.25, 0.3) is 10.9 Å². The number of aromatic nitrogens is 3. The van der Waals surface area contributed by atoms with Gasteiger partial charge < -0.3 is 4.74 Å². The maximum Gasteiger partial charge on any atom is 0.412 e. The lowest BCUT2D eigenvalue weighted by atomic mass is 10.1. The maximum absolute atomic E-state index is 12.2. The van der Waals surface area contributed by atoms with E-state index in [1.807, 2.05) is 64.2 Å². The Balaban J connectivity index is 1.59. The van der Waals surface area contributed by atoms with E-state index in [9.17, 15) is 4.79 Å². The number of hydrogen-bond donors (Lipinski definition) is 1. The number of para-hydroxylation sites is 1. The highest BCUT2D eigenvalue weighted by molar-refractivity contribution is 5.98. The third kappa shape index (κ3) is 3.96. The van der Waals surface area contributed by atoms with E-state index in [1.54, 1.807) is 0 Å². The SMILES string of the molecule is Cc1ccnc([C@H]2C[C@@H]2c2ccc3cccc(NC(=O)OC(C)(C)C)c3n2)n1. The van der Waals surface area contributed by atoms with Gasteiger partial charge in [-0.2, -0.15) is 0 Å². The maximum atomic E-state index is 12.2. The molecule has 1 amide bonds. The molecule has 1 fully saturated rings. The normalized spacial score (nSPS) is 18.7. The van der Waals surface area contributed by atoms with Crippen molar-refractivity contribution >= 4 is 22.7 Å². The molecule has 6 nitrogen and oxygen atoms in total. The van der Waals surface area contributed by atoms with E-state index in [-0.39, 0.29) is 0 Å². The lowest BCUT2D eigenvalue weighted by Gasteiger charge is -2.20. The van der Waals surface area contributed by atoms with Gasteiger partial charge in [-0.3, -0.25) is 10.3 Å². The summed E-state index contributed by atoms with van der Waals surface area (Å²) in [5.41, 5.74) is 2.84. The Morgan fingerprint density at radius 2 is 1.93 bits per heavy atom. The van der Waals surface area contributed by atoms with Gasteiger partial charge in [0.15, 0.2) is 0 Å². The number of benzene rings is 1. The molecular formula is C22H24N4O2. The number of hydrogen-bond acceptors (Lipinski definition) is 5. The first kappa shape index (κ1) is 18.3.